The number of rotatable bonds is 53. The second kappa shape index (κ2) is 96.3. The Labute approximate surface area is 768 Å². The van der Waals surface area contributed by atoms with Gasteiger partial charge in [-0.25, -0.2) is 31.2 Å². The van der Waals surface area contributed by atoms with Gasteiger partial charge in [0, 0.05) is 60.3 Å². The third-order valence-corrected chi connectivity index (χ3v) is 17.7. The molecule has 0 radical (unpaired) electrons. The van der Waals surface area contributed by atoms with Gasteiger partial charge >= 0.3 is 106 Å². The van der Waals surface area contributed by atoms with Crippen molar-refractivity contribution in [1.82, 2.24) is 5.32 Å². The number of esters is 1. The molecule has 0 spiro atoms. The molecule has 2 aromatic carbocycles. The molecule has 0 fully saturated rings. The van der Waals surface area contributed by atoms with E-state index in [4.69, 9.17) is 31.5 Å². The molecule has 0 saturated heterocycles. The van der Waals surface area contributed by atoms with Gasteiger partial charge in [0.15, 0.2) is 0 Å². The summed E-state index contributed by atoms with van der Waals surface area (Å²) < 4.78 is 85.6. The first-order valence-corrected chi connectivity index (χ1v) is 41.7. The van der Waals surface area contributed by atoms with Crippen molar-refractivity contribution in [3.63, 3.8) is 0 Å². The Hall–Kier alpha value is -2.19. The van der Waals surface area contributed by atoms with Crippen LogP contribution in [0.4, 0.5) is 25.8 Å². The minimum absolute atomic E-state index is 0. The van der Waals surface area contributed by atoms with Crippen LogP contribution < -0.4 is 92.0 Å². The van der Waals surface area contributed by atoms with E-state index in [-0.39, 0.29) is 207 Å². The van der Waals surface area contributed by atoms with Gasteiger partial charge in [-0.15, -0.1) is 0 Å². The van der Waals surface area contributed by atoms with Crippen molar-refractivity contribution in [2.45, 2.75) is 400 Å². The van der Waals surface area contributed by atoms with Crippen molar-refractivity contribution in [2.24, 2.45) is 5.73 Å². The van der Waals surface area contributed by atoms with Crippen LogP contribution in [-0.2, 0) is 39.2 Å². The van der Waals surface area contributed by atoms with E-state index >= 15 is 0 Å². The maximum atomic E-state index is 11.9. The van der Waals surface area contributed by atoms with Gasteiger partial charge < -0.3 is 68.8 Å². The first-order chi connectivity index (χ1) is 48.5. The summed E-state index contributed by atoms with van der Waals surface area (Å²) in [5, 5.41) is 32.8. The molecule has 2 rings (SSSR count). The number of hydrogen-bond acceptors (Lipinski definition) is 21. The first kappa shape index (κ1) is 146. The van der Waals surface area contributed by atoms with E-state index in [2.05, 4.69) is 42.5 Å². The molecule has 0 aliphatic rings. The van der Waals surface area contributed by atoms with Gasteiger partial charge in [-0.05, 0) is 124 Å². The molecule has 0 unspecified atom stereocenters. The minimum atomic E-state index is -4.23. The zero-order chi connectivity index (χ0) is 78.7. The number of unbranched alkanes of at least 4 members (excludes halogenated alkanes) is 32. The quantitative estimate of drug-likeness (QED) is 0.00529. The Balaban J connectivity index is -0.0000000805. The monoisotopic (exact) mass is 1740 g/mol. The summed E-state index contributed by atoms with van der Waals surface area (Å²) in [5.41, 5.74) is 2.22. The number of aliphatic hydroxyl groups is 1. The average Bonchev–Trinajstić information content (AvgIpc) is 0.883. The van der Waals surface area contributed by atoms with Gasteiger partial charge in [0.1, 0.15) is 22.7 Å². The van der Waals surface area contributed by atoms with Crippen LogP contribution in [0.2, 0.25) is 0 Å². The molecule has 0 saturated carbocycles. The molecule has 0 bridgehead atoms. The number of benzene rings is 2. The SMILES string of the molecule is C.C.C.C.C.C.CCCCCCCCCCCC(=O)OC.CCCCCCCCCCCC(C)(C)O.CCCCCCCCCCCC(C)(C)OC(=O)NCCCS(=O)(=O)[O-].CCCCCCCCCCCC(C)(C)OC(=O)Oc1ccc([N+](=O)[O-])cc1.NCCCS(=O)(=O)[O-].O=C(Cl)Oc1ccc([N+](=O)[O-])cc1.[CH3-].[Cl-].[Mg+2].[Na+].[Na+]. The van der Waals surface area contributed by atoms with Crippen LogP contribution in [0, 0.1) is 27.7 Å². The molecule has 31 heteroatoms. The predicted molar refractivity (Wildman–Crippen MR) is 463 cm³/mol. The molecule has 0 aliphatic carbocycles. The van der Waals surface area contributed by atoms with Gasteiger partial charge in [-0.1, -0.05) is 284 Å². The molecule has 0 atom stereocenters. The molecule has 4 N–H and O–H groups in total. The number of hydrogen-bond donors (Lipinski definition) is 3. The number of carbonyl (C=O) groups excluding carboxylic acids is 4. The zero-order valence-electron chi connectivity index (χ0n) is 69.1. The van der Waals surface area contributed by atoms with E-state index < -0.39 is 70.3 Å². The van der Waals surface area contributed by atoms with Crippen molar-refractivity contribution in [2.75, 3.05) is 31.7 Å². The number of alkyl carbamates (subject to hydrolysis) is 1. The smallest absolute Gasteiger partial charge is 1.00 e. The van der Waals surface area contributed by atoms with E-state index in [0.29, 0.717) is 6.42 Å². The van der Waals surface area contributed by atoms with E-state index in [0.717, 1.165) is 51.4 Å². The van der Waals surface area contributed by atoms with Crippen LogP contribution in [-0.4, -0.2) is 136 Å². The van der Waals surface area contributed by atoms with Crippen molar-refractivity contribution in [3.8, 4) is 11.5 Å². The second-order valence-electron chi connectivity index (χ2n) is 27.9. The van der Waals surface area contributed by atoms with E-state index in [1.165, 1.54) is 255 Å². The van der Waals surface area contributed by atoms with Crippen LogP contribution in [0.1, 0.15) is 383 Å². The number of amides is 1. The van der Waals surface area contributed by atoms with Crippen molar-refractivity contribution < 1.29 is 155 Å². The van der Waals surface area contributed by atoms with Crippen molar-refractivity contribution >= 4 is 89.9 Å². The second-order valence-corrected chi connectivity index (χ2v) is 31.2. The molecule has 2 aromatic rings. The Morgan fingerprint density at radius 1 is 0.465 bits per heavy atom. The summed E-state index contributed by atoms with van der Waals surface area (Å²) in [6, 6.07) is 10.4. The number of nitrogens with one attached hydrogen (secondary N) is 1. The Morgan fingerprint density at radius 2 is 0.737 bits per heavy atom. The molecule has 0 aromatic heterocycles. The summed E-state index contributed by atoms with van der Waals surface area (Å²) in [7, 11) is -6.79. The molecule has 0 aliphatic heterocycles. The van der Waals surface area contributed by atoms with E-state index in [1.54, 1.807) is 0 Å². The number of nitro groups is 2. The van der Waals surface area contributed by atoms with Crippen LogP contribution in [0.15, 0.2) is 48.5 Å². The standard InChI is InChI=1S/C21H33NO5.C18H37NO5S.C14H30O.C13H26O2.C7H4ClNO4.C3H9NO3S.6CH4.CH3.ClH.Mg.2Na/c1-4-5-6-7-8-9-10-11-12-17-21(2,3)27-20(23)26-19-15-13-18(14-16-19)22(24)25;1-4-5-6-7-8-9-10-11-12-14-18(2,3)24-17(20)19-15-13-16-25(21,22)23;1-4-5-6-7-8-9-10-11-12-13-14(2,3)15;1-3-4-5-6-7-8-9-10-11-12-13(14)15-2;8-7(10)13-6-3-1-5(2-4-6)9(11)12;4-2-1-3-8(5,6)7;;;;;;;;;;;/h13-16H,4-12,17H2,1-3H3;4-16H2,1-3H3,(H,19,20)(H,21,22,23);15H,4-13H2,1-3H3;3-12H2,1-2H3;1-4H;1-4H2,(H,5,6,7);6*1H4;1H3;1H;;;/q;;;;;;;;;;;;-1;;+2;2*+1/p-3. The molecule has 24 nitrogen and oxygen atoms in total. The summed E-state index contributed by atoms with van der Waals surface area (Å²) in [6.45, 7) is 20.6. The predicted octanol–water partition coefficient (Wildman–Crippen LogP) is 16.0. The van der Waals surface area contributed by atoms with Gasteiger partial charge in [-0.3, -0.25) is 25.0 Å². The zero-order valence-corrected chi connectivity index (χ0v) is 77.7. The van der Waals surface area contributed by atoms with Gasteiger partial charge in [-0.2, -0.15) is 0 Å². The molecular formula is C83H164Cl2MgN4Na2O20S2. The number of carbonyl (C=O) groups is 4. The Bertz CT molecular complexity index is 2680. The summed E-state index contributed by atoms with van der Waals surface area (Å²) >= 11 is 4.92. The number of nitrogens with zero attached hydrogens (tertiary/aromatic N) is 2. The number of non-ortho nitro benzene ring substituents is 2. The number of nitro benzene ring substituents is 2. The number of methoxy groups -OCH3 is 1. The molecule has 0 heterocycles. The average molecular weight is 1740 g/mol. The number of nitrogens with two attached hydrogens (primary N) is 1. The Morgan fingerprint density at radius 3 is 1.00 bits per heavy atom. The number of ether oxygens (including phenoxy) is 5. The van der Waals surface area contributed by atoms with E-state index in [9.17, 15) is 70.5 Å². The molecule has 114 heavy (non-hydrogen) atoms. The Kier molecular flexibility index (Phi) is 124. The largest absolute Gasteiger partial charge is 2.00 e. The third-order valence-electron chi connectivity index (χ3n) is 16.0. The molecule has 666 valence electrons. The maximum Gasteiger partial charge on any atom is 2.00 e. The summed E-state index contributed by atoms with van der Waals surface area (Å²) in [6.07, 6.45) is 48.3. The van der Waals surface area contributed by atoms with Gasteiger partial charge in [0.05, 0.1) is 42.8 Å². The third kappa shape index (κ3) is 116. The van der Waals surface area contributed by atoms with Crippen LogP contribution >= 0.6 is 11.6 Å². The van der Waals surface area contributed by atoms with Crippen LogP contribution in [0.3, 0.4) is 0 Å². The van der Waals surface area contributed by atoms with Gasteiger partial charge in [0.25, 0.3) is 11.4 Å². The van der Waals surface area contributed by atoms with E-state index in [1.807, 2.05) is 41.5 Å². The molecule has 1 amide bonds. The minimum Gasteiger partial charge on any atom is -1.00 e. The van der Waals surface area contributed by atoms with Crippen molar-refractivity contribution in [3.05, 3.63) is 76.2 Å². The first-order valence-electron chi connectivity index (χ1n) is 38.1. The normalized spacial score (nSPS) is 10.1. The van der Waals surface area contributed by atoms with Gasteiger partial charge in [0.2, 0.25) is 0 Å². The van der Waals surface area contributed by atoms with Crippen LogP contribution in [0.25, 0.3) is 0 Å². The fourth-order valence-corrected chi connectivity index (χ4v) is 11.2. The van der Waals surface area contributed by atoms with Crippen molar-refractivity contribution in [1.29, 1.82) is 0 Å². The summed E-state index contributed by atoms with van der Waals surface area (Å²) in [4.78, 5) is 64.4. The fraction of sp³-hybridized carbons (Fsp3) is 0.795. The molecular weight excluding hydrogens is 1580 g/mol. The number of halogens is 2. The van der Waals surface area contributed by atoms with Crippen LogP contribution in [0.5, 0.6) is 11.5 Å². The fourth-order valence-electron chi connectivity index (χ4n) is 10.1. The summed E-state index contributed by atoms with van der Waals surface area (Å²) in [5.74, 6) is -0.494. The topological polar surface area (TPSA) is 373 Å². The maximum absolute atomic E-state index is 11.9.